The van der Waals surface area contributed by atoms with E-state index in [1.807, 2.05) is 13.0 Å². The highest BCUT2D eigenvalue weighted by Crippen LogP contribution is 2.50. The third kappa shape index (κ3) is 3.41. The molecule has 6 atom stereocenters. The molecule has 182 valence electrons. The molecule has 1 aromatic carbocycles. The molecule has 9 nitrogen and oxygen atoms in total. The Bertz CT molecular complexity index is 1080. The van der Waals surface area contributed by atoms with Gasteiger partial charge in [0.25, 0.3) is 0 Å². The van der Waals surface area contributed by atoms with Gasteiger partial charge in [-0.15, -0.1) is 0 Å². The standard InChI is InChI=1S/C25H30N2O7/c1-4-5-9-34-15-8-6-7-12-10-13-11-14-19(27(2)3)21(29)18(24(26)32)23(31)25(14,33)22(30)17(13)20(28)16(12)15/h6-8,13-14,17-19,33H,4-5,9-11H2,1-3H3,(H2,26,32). The summed E-state index contributed by atoms with van der Waals surface area (Å²) in [7, 11) is 3.16. The maximum atomic E-state index is 13.7. The van der Waals surface area contributed by atoms with Crippen molar-refractivity contribution >= 4 is 29.0 Å². The van der Waals surface area contributed by atoms with Crippen molar-refractivity contribution in [2.75, 3.05) is 20.7 Å². The van der Waals surface area contributed by atoms with Gasteiger partial charge < -0.3 is 15.6 Å². The van der Waals surface area contributed by atoms with Crippen LogP contribution in [0.15, 0.2) is 18.2 Å². The molecule has 3 aliphatic carbocycles. The molecule has 0 aromatic heterocycles. The molecule has 3 N–H and O–H groups in total. The summed E-state index contributed by atoms with van der Waals surface area (Å²) in [6.07, 6.45) is 2.18. The highest BCUT2D eigenvalue weighted by atomic mass is 16.5. The first-order chi connectivity index (χ1) is 16.0. The first-order valence-corrected chi connectivity index (χ1v) is 11.6. The van der Waals surface area contributed by atoms with Gasteiger partial charge in [-0.25, -0.2) is 0 Å². The number of benzene rings is 1. The molecule has 9 heteroatoms. The molecule has 1 amide bonds. The molecular formula is C25H30N2O7. The minimum absolute atomic E-state index is 0.102. The van der Waals surface area contributed by atoms with Gasteiger partial charge in [0.15, 0.2) is 34.7 Å². The van der Waals surface area contributed by atoms with Crippen LogP contribution in [0.3, 0.4) is 0 Å². The topological polar surface area (TPSA) is 144 Å². The van der Waals surface area contributed by atoms with E-state index in [9.17, 15) is 29.1 Å². The predicted octanol–water partition coefficient (Wildman–Crippen LogP) is 0.340. The molecule has 1 aromatic rings. The summed E-state index contributed by atoms with van der Waals surface area (Å²) < 4.78 is 5.82. The van der Waals surface area contributed by atoms with E-state index in [-0.39, 0.29) is 6.42 Å². The number of likely N-dealkylation sites (N-methyl/N-ethyl adjacent to an activating group) is 1. The SMILES string of the molecule is CCCCOc1cccc2c1C(=O)C1C(=O)C3(O)C(=O)C(C(N)=O)C(=O)C(N(C)C)C3CC1C2. The van der Waals surface area contributed by atoms with Gasteiger partial charge in [-0.1, -0.05) is 25.5 Å². The Balaban J connectivity index is 1.79. The first kappa shape index (κ1) is 24.2. The number of ether oxygens (including phenoxy) is 1. The van der Waals surface area contributed by atoms with Gasteiger partial charge in [0.1, 0.15) is 5.75 Å². The third-order valence-electron chi connectivity index (χ3n) is 7.54. The fourth-order valence-corrected chi connectivity index (χ4v) is 5.98. The van der Waals surface area contributed by atoms with E-state index in [0.29, 0.717) is 24.3 Å². The quantitative estimate of drug-likeness (QED) is 0.447. The zero-order valence-corrected chi connectivity index (χ0v) is 19.6. The Morgan fingerprint density at radius 2 is 1.91 bits per heavy atom. The highest BCUT2D eigenvalue weighted by molar-refractivity contribution is 6.32. The van der Waals surface area contributed by atoms with E-state index < -0.39 is 64.4 Å². The Morgan fingerprint density at radius 1 is 1.21 bits per heavy atom. The Morgan fingerprint density at radius 3 is 2.53 bits per heavy atom. The van der Waals surface area contributed by atoms with Crippen LogP contribution in [0.2, 0.25) is 0 Å². The first-order valence-electron chi connectivity index (χ1n) is 11.6. The van der Waals surface area contributed by atoms with E-state index in [4.69, 9.17) is 10.5 Å². The van der Waals surface area contributed by atoms with Gasteiger partial charge in [-0.3, -0.25) is 28.9 Å². The lowest BCUT2D eigenvalue weighted by molar-refractivity contribution is -0.181. The van der Waals surface area contributed by atoms with E-state index >= 15 is 0 Å². The number of fused-ring (bicyclic) bond motifs is 3. The molecule has 6 unspecified atom stereocenters. The zero-order chi connectivity index (χ0) is 24.9. The number of rotatable bonds is 6. The summed E-state index contributed by atoms with van der Waals surface area (Å²) in [6.45, 7) is 2.43. The van der Waals surface area contributed by atoms with Gasteiger partial charge in [0.2, 0.25) is 5.91 Å². The molecule has 0 aliphatic heterocycles. The monoisotopic (exact) mass is 470 g/mol. The summed E-state index contributed by atoms with van der Waals surface area (Å²) in [6, 6.07) is 4.21. The van der Waals surface area contributed by atoms with E-state index in [2.05, 4.69) is 0 Å². The maximum Gasteiger partial charge on any atom is 0.235 e. The minimum atomic E-state index is -2.64. The van der Waals surface area contributed by atoms with Crippen molar-refractivity contribution in [3.05, 3.63) is 29.3 Å². The van der Waals surface area contributed by atoms with E-state index in [0.717, 1.165) is 18.4 Å². The average molecular weight is 471 g/mol. The number of nitrogens with zero attached hydrogens (tertiary/aromatic N) is 1. The Kier molecular flexibility index (Phi) is 6.20. The molecule has 0 spiro atoms. The molecule has 2 fully saturated rings. The minimum Gasteiger partial charge on any atom is -0.493 e. The average Bonchev–Trinajstić information content (AvgIpc) is 2.76. The molecule has 0 bridgehead atoms. The number of Topliss-reactive ketones (excluding diaryl/α,β-unsaturated/α-hetero) is 4. The molecule has 0 saturated heterocycles. The number of unbranched alkanes of at least 4 members (excludes halogenated alkanes) is 1. The van der Waals surface area contributed by atoms with E-state index in [1.165, 1.54) is 4.90 Å². The molecule has 0 radical (unpaired) electrons. The van der Waals surface area contributed by atoms with Crippen molar-refractivity contribution < 1.29 is 33.8 Å². The summed E-state index contributed by atoms with van der Waals surface area (Å²) in [4.78, 5) is 67.2. The highest BCUT2D eigenvalue weighted by Gasteiger charge is 2.69. The number of hydrogen-bond acceptors (Lipinski definition) is 8. The zero-order valence-electron chi connectivity index (χ0n) is 19.6. The van der Waals surface area contributed by atoms with Gasteiger partial charge in [-0.2, -0.15) is 0 Å². The lowest BCUT2D eigenvalue weighted by Crippen LogP contribution is -2.74. The third-order valence-corrected chi connectivity index (χ3v) is 7.54. The Labute approximate surface area is 197 Å². The van der Waals surface area contributed by atoms with E-state index in [1.54, 1.807) is 26.2 Å². The number of primary amides is 1. The fourth-order valence-electron chi connectivity index (χ4n) is 5.98. The Hall–Kier alpha value is -2.91. The van der Waals surface area contributed by atoms with Gasteiger partial charge in [0.05, 0.1) is 24.1 Å². The number of ketones is 4. The molecule has 0 heterocycles. The second kappa shape index (κ2) is 8.70. The summed E-state index contributed by atoms with van der Waals surface area (Å²) in [5, 5.41) is 11.6. The maximum absolute atomic E-state index is 13.7. The number of amides is 1. The largest absolute Gasteiger partial charge is 0.493 e. The van der Waals surface area contributed by atoms with Crippen LogP contribution in [-0.4, -0.2) is 71.4 Å². The van der Waals surface area contributed by atoms with Crippen LogP contribution in [0.1, 0.15) is 42.1 Å². The molecule has 2 saturated carbocycles. The van der Waals surface area contributed by atoms with Crippen molar-refractivity contribution in [1.82, 2.24) is 4.90 Å². The van der Waals surface area contributed by atoms with Crippen molar-refractivity contribution in [1.29, 1.82) is 0 Å². The molecule has 34 heavy (non-hydrogen) atoms. The van der Waals surface area contributed by atoms with Crippen molar-refractivity contribution in [2.45, 2.75) is 44.2 Å². The number of carbonyl (C=O) groups excluding carboxylic acids is 5. The number of aliphatic hydroxyl groups is 1. The second-order valence-corrected chi connectivity index (χ2v) is 9.78. The van der Waals surface area contributed by atoms with Gasteiger partial charge in [-0.05, 0) is 50.9 Å². The summed E-state index contributed by atoms with van der Waals surface area (Å²) >= 11 is 0. The van der Waals surface area contributed by atoms with Crippen LogP contribution in [-0.2, 0) is 25.6 Å². The van der Waals surface area contributed by atoms with Crippen molar-refractivity contribution in [3.8, 4) is 5.75 Å². The number of carbonyl (C=O) groups is 5. The fraction of sp³-hybridized carbons (Fsp3) is 0.560. The van der Waals surface area contributed by atoms with Crippen LogP contribution in [0.4, 0.5) is 0 Å². The smallest absolute Gasteiger partial charge is 0.235 e. The lowest BCUT2D eigenvalue weighted by atomic mass is 9.52. The van der Waals surface area contributed by atoms with Crippen LogP contribution in [0.5, 0.6) is 5.75 Å². The van der Waals surface area contributed by atoms with Crippen LogP contribution in [0, 0.1) is 23.7 Å². The number of nitrogens with two attached hydrogens (primary N) is 1. The molecule has 3 aliphatic rings. The molecule has 4 rings (SSSR count). The number of hydrogen-bond donors (Lipinski definition) is 2. The summed E-state index contributed by atoms with van der Waals surface area (Å²) in [5.74, 6) is -9.01. The van der Waals surface area contributed by atoms with Crippen LogP contribution >= 0.6 is 0 Å². The van der Waals surface area contributed by atoms with Gasteiger partial charge in [0, 0.05) is 5.92 Å². The van der Waals surface area contributed by atoms with Crippen LogP contribution in [0.25, 0.3) is 0 Å². The summed E-state index contributed by atoms with van der Waals surface area (Å²) in [5.41, 5.74) is 3.72. The second-order valence-electron chi connectivity index (χ2n) is 9.78. The molecular weight excluding hydrogens is 440 g/mol. The van der Waals surface area contributed by atoms with Crippen molar-refractivity contribution in [3.63, 3.8) is 0 Å². The van der Waals surface area contributed by atoms with Crippen molar-refractivity contribution in [2.24, 2.45) is 29.4 Å². The predicted molar refractivity (Wildman–Crippen MR) is 120 cm³/mol. The lowest BCUT2D eigenvalue weighted by Gasteiger charge is -2.52. The normalized spacial score (nSPS) is 32.8. The van der Waals surface area contributed by atoms with Crippen LogP contribution < -0.4 is 10.5 Å². The van der Waals surface area contributed by atoms with Gasteiger partial charge >= 0.3 is 0 Å².